The summed E-state index contributed by atoms with van der Waals surface area (Å²) < 4.78 is 16.0. The van der Waals surface area contributed by atoms with Gasteiger partial charge in [0.15, 0.2) is 0 Å². The number of furan rings is 1. The first-order chi connectivity index (χ1) is 42.9. The van der Waals surface area contributed by atoms with Crippen molar-refractivity contribution >= 4 is 109 Å². The standard InChI is InChI=1S/C47H36N2O.C33H28N4/c1-3-30(2)24-31-20-22-46-40(25-31)41-28-32(21-23-47(41)50-46)33-26-34(48-42-16-8-4-12-36(42)37-13-5-9-17-43(37)48)29-35(27-33)49-44-18-10-6-14-38(44)39-15-7-11-19-45(39)49;1-3-22(2)18-23-19-24(36-28-12-6-4-10-26(28)32-30(36)14-8-16-34-32)21-25(20-23)37-29-13-7-5-11-27(29)33-31(37)15-9-17-35-33/h4-23,25-30H,3,24H2,1-2H3;4-17,19-22H,3,18H2,1-2H3. The van der Waals surface area contributed by atoms with E-state index in [2.05, 4.69) is 276 Å². The lowest BCUT2D eigenvalue weighted by atomic mass is 9.97. The van der Waals surface area contributed by atoms with Crippen molar-refractivity contribution in [3.8, 4) is 33.9 Å². The number of hydrogen-bond acceptors (Lipinski definition) is 3. The molecule has 17 aromatic rings. The topological polar surface area (TPSA) is 58.6 Å². The normalized spacial score (nSPS) is 12.7. The number of pyridine rings is 2. The molecule has 17 rings (SSSR count). The minimum atomic E-state index is 0.600. The molecule has 0 saturated heterocycles. The van der Waals surface area contributed by atoms with Gasteiger partial charge in [0.05, 0.1) is 55.2 Å². The molecule has 0 saturated carbocycles. The van der Waals surface area contributed by atoms with E-state index in [4.69, 9.17) is 14.4 Å². The minimum absolute atomic E-state index is 0.600. The van der Waals surface area contributed by atoms with Crippen LogP contribution in [0.4, 0.5) is 0 Å². The molecule has 2 atom stereocenters. The van der Waals surface area contributed by atoms with E-state index in [0.717, 1.165) is 91.8 Å². The van der Waals surface area contributed by atoms with Crippen molar-refractivity contribution in [2.45, 2.75) is 53.4 Å². The maximum absolute atomic E-state index is 6.38. The summed E-state index contributed by atoms with van der Waals surface area (Å²) in [6.07, 6.45) is 8.19. The van der Waals surface area contributed by atoms with Gasteiger partial charge in [-0.3, -0.25) is 9.97 Å². The van der Waals surface area contributed by atoms with Crippen LogP contribution in [0.25, 0.3) is 143 Å². The Labute approximate surface area is 504 Å². The summed E-state index contributed by atoms with van der Waals surface area (Å²) >= 11 is 0. The predicted octanol–water partition coefficient (Wildman–Crippen LogP) is 21.3. The summed E-state index contributed by atoms with van der Waals surface area (Å²) in [5, 5.41) is 9.71. The SMILES string of the molecule is CCC(C)Cc1cc(-n2c3ccccc3c3ncccc32)cc(-n2c3ccccc3c3ncccc32)c1.CCC(C)Cc1ccc2oc3ccc(-c4cc(-n5c6ccccc6c6ccccc65)cc(-n5c6ccccc6c6ccccc65)c4)cc3c2c1. The molecule has 7 nitrogen and oxygen atoms in total. The van der Waals surface area contributed by atoms with Crippen LogP contribution in [0.3, 0.4) is 0 Å². The molecule has 87 heavy (non-hydrogen) atoms. The fourth-order valence-electron chi connectivity index (χ4n) is 13.8. The molecule has 420 valence electrons. The predicted molar refractivity (Wildman–Crippen MR) is 365 cm³/mol. The molecular weight excluding hydrogens is 1060 g/mol. The Kier molecular flexibility index (Phi) is 12.7. The Morgan fingerprint density at radius 3 is 1.11 bits per heavy atom. The molecule has 0 spiro atoms. The number of benzene rings is 10. The summed E-state index contributed by atoms with van der Waals surface area (Å²) in [4.78, 5) is 9.52. The van der Waals surface area contributed by atoms with Gasteiger partial charge in [-0.1, -0.05) is 162 Å². The number of aromatic nitrogens is 6. The molecule has 0 bridgehead atoms. The zero-order chi connectivity index (χ0) is 58.3. The van der Waals surface area contributed by atoms with E-state index in [1.165, 1.54) is 88.4 Å². The Balaban J connectivity index is 0.000000147. The fourth-order valence-corrected chi connectivity index (χ4v) is 13.8. The largest absolute Gasteiger partial charge is 0.456 e. The lowest BCUT2D eigenvalue weighted by molar-refractivity contribution is 0.560. The van der Waals surface area contributed by atoms with E-state index in [1.807, 2.05) is 24.5 Å². The zero-order valence-electron chi connectivity index (χ0n) is 49.3. The van der Waals surface area contributed by atoms with Crippen molar-refractivity contribution in [2.24, 2.45) is 11.8 Å². The fraction of sp³-hybridized carbons (Fsp3) is 0.125. The van der Waals surface area contributed by atoms with Crippen LogP contribution < -0.4 is 0 Å². The molecule has 10 aromatic carbocycles. The van der Waals surface area contributed by atoms with Crippen LogP contribution in [0.5, 0.6) is 0 Å². The number of hydrogen-bond donors (Lipinski definition) is 0. The number of rotatable bonds is 11. The van der Waals surface area contributed by atoms with Crippen molar-refractivity contribution in [3.63, 3.8) is 0 Å². The first-order valence-corrected chi connectivity index (χ1v) is 30.8. The van der Waals surface area contributed by atoms with Gasteiger partial charge < -0.3 is 22.7 Å². The van der Waals surface area contributed by atoms with Crippen LogP contribution >= 0.6 is 0 Å². The lowest BCUT2D eigenvalue weighted by Gasteiger charge is -2.17. The molecule has 7 heteroatoms. The molecule has 0 fully saturated rings. The van der Waals surface area contributed by atoms with Crippen LogP contribution in [-0.4, -0.2) is 28.2 Å². The second-order valence-corrected chi connectivity index (χ2v) is 23.9. The quantitative estimate of drug-likeness (QED) is 0.130. The maximum Gasteiger partial charge on any atom is 0.135 e. The van der Waals surface area contributed by atoms with Gasteiger partial charge in [-0.05, 0) is 168 Å². The van der Waals surface area contributed by atoms with Crippen molar-refractivity contribution < 1.29 is 4.42 Å². The molecule has 7 aromatic heterocycles. The average Bonchev–Trinajstić information content (AvgIpc) is 1.77. The number of fused-ring (bicyclic) bond motifs is 15. The van der Waals surface area contributed by atoms with E-state index in [-0.39, 0.29) is 0 Å². The molecule has 0 aliphatic carbocycles. The zero-order valence-corrected chi connectivity index (χ0v) is 49.3. The molecule has 0 N–H and O–H groups in total. The molecule has 0 amide bonds. The third-order valence-electron chi connectivity index (χ3n) is 18.3. The molecular formula is C80H64N6O. The first kappa shape index (κ1) is 52.1. The van der Waals surface area contributed by atoms with Crippen LogP contribution in [0.1, 0.15) is 51.7 Å². The summed E-state index contributed by atoms with van der Waals surface area (Å²) in [6, 6.07) is 88.1. The summed E-state index contributed by atoms with van der Waals surface area (Å²) in [6.45, 7) is 9.20. The van der Waals surface area contributed by atoms with Crippen molar-refractivity contribution in [1.29, 1.82) is 0 Å². The van der Waals surface area contributed by atoms with Crippen LogP contribution in [0.2, 0.25) is 0 Å². The Morgan fingerprint density at radius 1 is 0.310 bits per heavy atom. The van der Waals surface area contributed by atoms with Crippen molar-refractivity contribution in [2.75, 3.05) is 0 Å². The Morgan fingerprint density at radius 2 is 0.667 bits per heavy atom. The molecule has 2 unspecified atom stereocenters. The third kappa shape index (κ3) is 8.78. The molecule has 7 heterocycles. The van der Waals surface area contributed by atoms with Gasteiger partial charge in [-0.25, -0.2) is 0 Å². The first-order valence-electron chi connectivity index (χ1n) is 30.8. The van der Waals surface area contributed by atoms with Crippen LogP contribution in [0.15, 0.2) is 259 Å². The van der Waals surface area contributed by atoms with E-state index in [1.54, 1.807) is 0 Å². The second kappa shape index (κ2) is 21.2. The lowest BCUT2D eigenvalue weighted by Crippen LogP contribution is -2.04. The highest BCUT2D eigenvalue weighted by atomic mass is 16.3. The maximum atomic E-state index is 6.38. The van der Waals surface area contributed by atoms with Gasteiger partial charge in [0.1, 0.15) is 11.2 Å². The van der Waals surface area contributed by atoms with E-state index < -0.39 is 0 Å². The van der Waals surface area contributed by atoms with Gasteiger partial charge in [0.25, 0.3) is 0 Å². The van der Waals surface area contributed by atoms with Gasteiger partial charge in [0, 0.05) is 78.2 Å². The summed E-state index contributed by atoms with van der Waals surface area (Å²) in [5.74, 6) is 1.24. The highest BCUT2D eigenvalue weighted by molar-refractivity contribution is 6.12. The summed E-state index contributed by atoms with van der Waals surface area (Å²) in [5.41, 5.74) is 22.9. The van der Waals surface area contributed by atoms with Gasteiger partial charge >= 0.3 is 0 Å². The molecule has 0 radical (unpaired) electrons. The van der Waals surface area contributed by atoms with E-state index in [0.29, 0.717) is 11.8 Å². The number of para-hydroxylation sites is 6. The van der Waals surface area contributed by atoms with E-state index >= 15 is 0 Å². The minimum Gasteiger partial charge on any atom is -0.456 e. The third-order valence-corrected chi connectivity index (χ3v) is 18.3. The van der Waals surface area contributed by atoms with Crippen LogP contribution in [-0.2, 0) is 12.8 Å². The number of nitrogens with zero attached hydrogens (tertiary/aromatic N) is 6. The van der Waals surface area contributed by atoms with E-state index in [9.17, 15) is 0 Å². The Bertz CT molecular complexity index is 5030. The monoisotopic (exact) mass is 1120 g/mol. The van der Waals surface area contributed by atoms with Gasteiger partial charge in [0.2, 0.25) is 0 Å². The van der Waals surface area contributed by atoms with Gasteiger partial charge in [-0.15, -0.1) is 0 Å². The van der Waals surface area contributed by atoms with Crippen molar-refractivity contribution in [3.05, 3.63) is 266 Å². The van der Waals surface area contributed by atoms with Crippen molar-refractivity contribution in [1.82, 2.24) is 28.2 Å². The van der Waals surface area contributed by atoms with Crippen LogP contribution in [0, 0.1) is 11.8 Å². The van der Waals surface area contributed by atoms with Gasteiger partial charge in [-0.2, -0.15) is 0 Å². The molecule has 0 aliphatic rings. The second-order valence-electron chi connectivity index (χ2n) is 23.9. The average molecular weight is 1130 g/mol. The summed E-state index contributed by atoms with van der Waals surface area (Å²) in [7, 11) is 0. The smallest absolute Gasteiger partial charge is 0.135 e. The Hall–Kier alpha value is -10.5. The highest BCUT2D eigenvalue weighted by Crippen LogP contribution is 2.41. The highest BCUT2D eigenvalue weighted by Gasteiger charge is 2.21. The molecule has 0 aliphatic heterocycles.